The highest BCUT2D eigenvalue weighted by atomic mass is 35.5. The number of halogens is 1. The molecule has 0 radical (unpaired) electrons. The zero-order chi connectivity index (χ0) is 20.2. The van der Waals surface area contributed by atoms with Crippen molar-refractivity contribution < 1.29 is 14.3 Å². The number of hydrogen-bond donors (Lipinski definition) is 3. The van der Waals surface area contributed by atoms with Crippen LogP contribution < -0.4 is 16.4 Å². The average Bonchev–Trinajstić information content (AvgIpc) is 2.65. The van der Waals surface area contributed by atoms with Crippen LogP contribution in [0.3, 0.4) is 0 Å². The molecule has 1 aliphatic rings. The number of nitrogens with one attached hydrogen (secondary N) is 2. The predicted molar refractivity (Wildman–Crippen MR) is 113 cm³/mol. The van der Waals surface area contributed by atoms with Crippen LogP contribution in [0.4, 0.5) is 0 Å². The van der Waals surface area contributed by atoms with Crippen molar-refractivity contribution in [3.63, 3.8) is 0 Å². The van der Waals surface area contributed by atoms with Gasteiger partial charge in [-0.05, 0) is 38.0 Å². The molecule has 28 heavy (non-hydrogen) atoms. The summed E-state index contributed by atoms with van der Waals surface area (Å²) in [7, 11) is 0. The molecule has 1 fully saturated rings. The third-order valence-electron chi connectivity index (χ3n) is 5.87. The zero-order valence-corrected chi connectivity index (χ0v) is 18.3. The van der Waals surface area contributed by atoms with Crippen molar-refractivity contribution in [1.82, 2.24) is 10.6 Å². The van der Waals surface area contributed by atoms with E-state index in [1.807, 2.05) is 46.8 Å². The lowest BCUT2D eigenvalue weighted by atomic mass is 9.54. The van der Waals surface area contributed by atoms with Gasteiger partial charge < -0.3 is 21.1 Å². The Morgan fingerprint density at radius 2 is 2.00 bits per heavy atom. The first-order valence-electron chi connectivity index (χ1n) is 9.74. The summed E-state index contributed by atoms with van der Waals surface area (Å²) in [6.07, 6.45) is 1.38. The second-order valence-corrected chi connectivity index (χ2v) is 8.01. The van der Waals surface area contributed by atoms with E-state index in [2.05, 4.69) is 10.6 Å². The number of ether oxygens (including phenoxy) is 1. The summed E-state index contributed by atoms with van der Waals surface area (Å²) in [5.41, 5.74) is 6.48. The van der Waals surface area contributed by atoms with E-state index in [1.54, 1.807) is 12.1 Å². The van der Waals surface area contributed by atoms with E-state index in [9.17, 15) is 9.59 Å². The van der Waals surface area contributed by atoms with E-state index in [0.717, 1.165) is 12.0 Å². The van der Waals surface area contributed by atoms with Gasteiger partial charge in [-0.2, -0.15) is 0 Å². The lowest BCUT2D eigenvalue weighted by molar-refractivity contribution is -0.170. The van der Waals surface area contributed by atoms with Gasteiger partial charge in [-0.15, -0.1) is 12.4 Å². The minimum absolute atomic E-state index is 0. The highest BCUT2D eigenvalue weighted by Crippen LogP contribution is 2.49. The monoisotopic (exact) mass is 411 g/mol. The summed E-state index contributed by atoms with van der Waals surface area (Å²) in [5.74, 6) is -0.287. The second kappa shape index (κ2) is 9.72. The van der Waals surface area contributed by atoms with Crippen LogP contribution in [0.15, 0.2) is 24.3 Å². The molecule has 6 nitrogen and oxygen atoms in total. The molecule has 1 aromatic carbocycles. The molecule has 0 spiro atoms. The van der Waals surface area contributed by atoms with Crippen molar-refractivity contribution in [2.24, 2.45) is 11.1 Å². The number of hydrogen-bond acceptors (Lipinski definition) is 4. The molecule has 1 saturated carbocycles. The summed E-state index contributed by atoms with van der Waals surface area (Å²) >= 11 is 0. The van der Waals surface area contributed by atoms with E-state index in [-0.39, 0.29) is 36.4 Å². The van der Waals surface area contributed by atoms with E-state index in [1.165, 1.54) is 0 Å². The van der Waals surface area contributed by atoms with Gasteiger partial charge in [-0.25, -0.2) is 0 Å². The third kappa shape index (κ3) is 4.85. The van der Waals surface area contributed by atoms with Crippen LogP contribution in [0, 0.1) is 5.41 Å². The molecule has 0 heterocycles. The van der Waals surface area contributed by atoms with Gasteiger partial charge in [-0.3, -0.25) is 9.59 Å². The molecule has 158 valence electrons. The summed E-state index contributed by atoms with van der Waals surface area (Å²) in [6, 6.07) is 7.41. The SMILES string of the molecule is CCOC1CC(N)(C(=O)NCc2cccc(C(=O)NC(C)CC)c2)C1(C)C.Cl. The van der Waals surface area contributed by atoms with Crippen LogP contribution in [0.5, 0.6) is 0 Å². The van der Waals surface area contributed by atoms with Crippen LogP contribution in [0.25, 0.3) is 0 Å². The average molecular weight is 412 g/mol. The van der Waals surface area contributed by atoms with Crippen molar-refractivity contribution in [1.29, 1.82) is 0 Å². The topological polar surface area (TPSA) is 93.4 Å². The summed E-state index contributed by atoms with van der Waals surface area (Å²) in [6.45, 7) is 10.8. The molecule has 1 aliphatic carbocycles. The van der Waals surface area contributed by atoms with Crippen LogP contribution >= 0.6 is 12.4 Å². The Morgan fingerprint density at radius 3 is 2.57 bits per heavy atom. The van der Waals surface area contributed by atoms with Crippen LogP contribution in [-0.2, 0) is 16.1 Å². The number of carbonyl (C=O) groups excluding carboxylic acids is 2. The molecule has 3 atom stereocenters. The molecule has 7 heteroatoms. The molecule has 2 amide bonds. The highest BCUT2D eigenvalue weighted by Gasteiger charge is 2.62. The van der Waals surface area contributed by atoms with Gasteiger partial charge in [0.2, 0.25) is 5.91 Å². The first-order valence-corrected chi connectivity index (χ1v) is 9.74. The molecular formula is C21H34ClN3O3. The van der Waals surface area contributed by atoms with Gasteiger partial charge in [0.1, 0.15) is 5.54 Å². The standard InChI is InChI=1S/C21H33N3O3.ClH/c1-6-14(3)24-18(25)16-10-8-9-15(11-16)13-23-19(26)21(22)12-17(27-7-2)20(21,4)5;/h8-11,14,17H,6-7,12-13,22H2,1-5H3,(H,23,26)(H,24,25);1H. The molecular weight excluding hydrogens is 378 g/mol. The van der Waals surface area contributed by atoms with Crippen LogP contribution in [-0.4, -0.2) is 36.1 Å². The van der Waals surface area contributed by atoms with E-state index in [0.29, 0.717) is 25.1 Å². The van der Waals surface area contributed by atoms with E-state index < -0.39 is 11.0 Å². The normalized spacial score (nSPS) is 23.7. The summed E-state index contributed by atoms with van der Waals surface area (Å²) in [5, 5.41) is 5.87. The lowest BCUT2D eigenvalue weighted by Crippen LogP contribution is -2.75. The highest BCUT2D eigenvalue weighted by molar-refractivity contribution is 5.94. The predicted octanol–water partition coefficient (Wildman–Crippen LogP) is 2.79. The number of rotatable bonds is 8. The van der Waals surface area contributed by atoms with Crippen LogP contribution in [0.2, 0.25) is 0 Å². The molecule has 0 aromatic heterocycles. The minimum Gasteiger partial charge on any atom is -0.378 e. The van der Waals surface area contributed by atoms with Crippen molar-refractivity contribution in [3.8, 4) is 0 Å². The summed E-state index contributed by atoms with van der Waals surface area (Å²) < 4.78 is 5.68. The zero-order valence-electron chi connectivity index (χ0n) is 17.5. The lowest BCUT2D eigenvalue weighted by Gasteiger charge is -2.57. The Morgan fingerprint density at radius 1 is 1.32 bits per heavy atom. The fraction of sp³-hybridized carbons (Fsp3) is 0.619. The molecule has 1 aromatic rings. The Kier molecular flexibility index (Phi) is 8.47. The fourth-order valence-corrected chi connectivity index (χ4v) is 3.39. The minimum atomic E-state index is -0.946. The second-order valence-electron chi connectivity index (χ2n) is 8.01. The number of carbonyl (C=O) groups is 2. The van der Waals surface area contributed by atoms with Gasteiger partial charge in [0.25, 0.3) is 5.91 Å². The van der Waals surface area contributed by atoms with Crippen molar-refractivity contribution >= 4 is 24.2 Å². The molecule has 3 unspecified atom stereocenters. The number of benzene rings is 1. The van der Waals surface area contributed by atoms with Gasteiger partial charge in [-0.1, -0.05) is 32.9 Å². The Labute approximate surface area is 174 Å². The largest absolute Gasteiger partial charge is 0.378 e. The van der Waals surface area contributed by atoms with E-state index in [4.69, 9.17) is 10.5 Å². The van der Waals surface area contributed by atoms with Crippen molar-refractivity contribution in [2.45, 2.75) is 71.7 Å². The smallest absolute Gasteiger partial charge is 0.251 e. The maximum Gasteiger partial charge on any atom is 0.251 e. The molecule has 4 N–H and O–H groups in total. The molecule has 0 saturated heterocycles. The maximum absolute atomic E-state index is 12.7. The Hall–Kier alpha value is -1.63. The number of amides is 2. The molecule has 0 aliphatic heterocycles. The first-order chi connectivity index (χ1) is 12.7. The quantitative estimate of drug-likeness (QED) is 0.613. The third-order valence-corrected chi connectivity index (χ3v) is 5.87. The van der Waals surface area contributed by atoms with Crippen molar-refractivity contribution in [2.75, 3.05) is 6.61 Å². The van der Waals surface area contributed by atoms with Gasteiger partial charge in [0.05, 0.1) is 6.10 Å². The van der Waals surface area contributed by atoms with E-state index >= 15 is 0 Å². The molecule has 2 rings (SSSR count). The van der Waals surface area contributed by atoms with Gasteiger partial charge >= 0.3 is 0 Å². The van der Waals surface area contributed by atoms with Gasteiger partial charge in [0.15, 0.2) is 0 Å². The van der Waals surface area contributed by atoms with Crippen LogP contribution in [0.1, 0.15) is 63.4 Å². The Bertz CT molecular complexity index is 695. The number of nitrogens with two attached hydrogens (primary N) is 1. The molecule has 0 bridgehead atoms. The van der Waals surface area contributed by atoms with Crippen molar-refractivity contribution in [3.05, 3.63) is 35.4 Å². The Balaban J connectivity index is 0.00000392. The van der Waals surface area contributed by atoms with Gasteiger partial charge in [0, 0.05) is 36.6 Å². The first kappa shape index (κ1) is 24.4. The maximum atomic E-state index is 12.7. The fourth-order valence-electron chi connectivity index (χ4n) is 3.39. The summed E-state index contributed by atoms with van der Waals surface area (Å²) in [4.78, 5) is 25.0.